The van der Waals surface area contributed by atoms with Crippen LogP contribution in [0.3, 0.4) is 0 Å². The van der Waals surface area contributed by atoms with Gasteiger partial charge in [0, 0.05) is 20.2 Å². The van der Waals surface area contributed by atoms with Crippen molar-refractivity contribution in [3.05, 3.63) is 16.8 Å². The Morgan fingerprint density at radius 1 is 1.39 bits per heavy atom. The third-order valence-electron chi connectivity index (χ3n) is 2.79. The van der Waals surface area contributed by atoms with Crippen LogP contribution in [-0.2, 0) is 4.74 Å². The summed E-state index contributed by atoms with van der Waals surface area (Å²) >= 11 is 0. The van der Waals surface area contributed by atoms with Gasteiger partial charge in [-0.15, -0.1) is 5.10 Å². The molecular formula is C12H19N3O3. The maximum absolute atomic E-state index is 11.3. The number of hydrogen-bond acceptors (Lipinski definition) is 5. The van der Waals surface area contributed by atoms with E-state index in [9.17, 15) is 9.90 Å². The molecule has 1 aromatic heterocycles. The van der Waals surface area contributed by atoms with E-state index >= 15 is 0 Å². The minimum absolute atomic E-state index is 0.210. The second-order valence-electron chi connectivity index (χ2n) is 4.03. The Labute approximate surface area is 107 Å². The molecule has 0 atom stereocenters. The van der Waals surface area contributed by atoms with Crippen molar-refractivity contribution in [1.29, 1.82) is 0 Å². The summed E-state index contributed by atoms with van der Waals surface area (Å²) < 4.78 is 5.24. The molecule has 0 aliphatic carbocycles. The first-order chi connectivity index (χ1) is 8.49. The molecule has 0 saturated carbocycles. The van der Waals surface area contributed by atoms with Crippen molar-refractivity contribution < 1.29 is 14.6 Å². The fourth-order valence-electron chi connectivity index (χ4n) is 1.57. The molecule has 1 heterocycles. The fourth-order valence-corrected chi connectivity index (χ4v) is 1.57. The highest BCUT2D eigenvalue weighted by Crippen LogP contribution is 2.20. The van der Waals surface area contributed by atoms with E-state index in [4.69, 9.17) is 4.74 Å². The lowest BCUT2D eigenvalue weighted by atomic mass is 10.1. The predicted octanol–water partition coefficient (Wildman–Crippen LogP) is 1.26. The lowest BCUT2D eigenvalue weighted by Gasteiger charge is -2.20. The zero-order chi connectivity index (χ0) is 13.7. The van der Waals surface area contributed by atoms with Crippen molar-refractivity contribution >= 4 is 11.8 Å². The van der Waals surface area contributed by atoms with Gasteiger partial charge in [-0.1, -0.05) is 0 Å². The van der Waals surface area contributed by atoms with Crippen LogP contribution in [0.15, 0.2) is 0 Å². The van der Waals surface area contributed by atoms with Gasteiger partial charge < -0.3 is 14.7 Å². The number of carboxylic acid groups (broad SMARTS) is 1. The van der Waals surface area contributed by atoms with Crippen molar-refractivity contribution in [2.45, 2.75) is 20.8 Å². The first-order valence-corrected chi connectivity index (χ1v) is 5.85. The molecule has 1 N–H and O–H groups in total. The van der Waals surface area contributed by atoms with Crippen molar-refractivity contribution in [1.82, 2.24) is 10.2 Å². The number of rotatable bonds is 6. The number of hydrogen-bond donors (Lipinski definition) is 1. The van der Waals surface area contributed by atoms with Gasteiger partial charge in [0.2, 0.25) is 0 Å². The molecule has 0 aliphatic rings. The number of aromatic nitrogens is 2. The summed E-state index contributed by atoms with van der Waals surface area (Å²) in [5.41, 5.74) is 1.49. The van der Waals surface area contributed by atoms with Crippen LogP contribution in [-0.4, -0.2) is 48.1 Å². The number of carboxylic acids is 1. The monoisotopic (exact) mass is 253 g/mol. The standard InChI is InChI=1S/C12H19N3O3/c1-5-18-7-6-15(4)11-10(12(16)17)8(2)9(3)13-14-11/h5-7H2,1-4H3,(H,16,17). The highest BCUT2D eigenvalue weighted by atomic mass is 16.5. The SMILES string of the molecule is CCOCCN(C)c1nnc(C)c(C)c1C(=O)O. The molecule has 1 rings (SSSR count). The van der Waals surface area contributed by atoms with E-state index in [1.54, 1.807) is 25.8 Å². The van der Waals surface area contributed by atoms with Crippen molar-refractivity contribution in [3.8, 4) is 0 Å². The van der Waals surface area contributed by atoms with E-state index < -0.39 is 5.97 Å². The first-order valence-electron chi connectivity index (χ1n) is 5.85. The summed E-state index contributed by atoms with van der Waals surface area (Å²) in [7, 11) is 1.78. The van der Waals surface area contributed by atoms with Crippen LogP contribution in [0, 0.1) is 13.8 Å². The number of carbonyl (C=O) groups is 1. The maximum Gasteiger partial charge on any atom is 0.339 e. The zero-order valence-electron chi connectivity index (χ0n) is 11.2. The van der Waals surface area contributed by atoms with Gasteiger partial charge in [0.25, 0.3) is 0 Å². The minimum Gasteiger partial charge on any atom is -0.478 e. The van der Waals surface area contributed by atoms with Gasteiger partial charge >= 0.3 is 5.97 Å². The van der Waals surface area contributed by atoms with Crippen LogP contribution < -0.4 is 4.90 Å². The average molecular weight is 253 g/mol. The molecule has 100 valence electrons. The lowest BCUT2D eigenvalue weighted by molar-refractivity contribution is 0.0695. The summed E-state index contributed by atoms with van der Waals surface area (Å²) in [5.74, 6) is -0.603. The highest BCUT2D eigenvalue weighted by Gasteiger charge is 2.20. The molecule has 6 nitrogen and oxygen atoms in total. The summed E-state index contributed by atoms with van der Waals surface area (Å²) in [5, 5.41) is 17.2. The molecule has 1 aromatic rings. The Morgan fingerprint density at radius 3 is 2.61 bits per heavy atom. The normalized spacial score (nSPS) is 10.4. The van der Waals surface area contributed by atoms with Gasteiger partial charge in [-0.05, 0) is 26.3 Å². The topological polar surface area (TPSA) is 75.5 Å². The smallest absolute Gasteiger partial charge is 0.339 e. The van der Waals surface area contributed by atoms with Gasteiger partial charge in [0.05, 0.1) is 12.3 Å². The van der Waals surface area contributed by atoms with Crippen molar-refractivity contribution in [2.75, 3.05) is 31.7 Å². The van der Waals surface area contributed by atoms with Crippen molar-refractivity contribution in [3.63, 3.8) is 0 Å². The summed E-state index contributed by atoms with van der Waals surface area (Å²) in [6.07, 6.45) is 0. The van der Waals surface area contributed by atoms with Crippen molar-refractivity contribution in [2.24, 2.45) is 0 Å². The molecule has 0 aromatic carbocycles. The summed E-state index contributed by atoms with van der Waals surface area (Å²) in [4.78, 5) is 13.1. The molecule has 0 saturated heterocycles. The van der Waals surface area contributed by atoms with Crippen LogP contribution in [0.5, 0.6) is 0 Å². The fraction of sp³-hybridized carbons (Fsp3) is 0.583. The molecular weight excluding hydrogens is 234 g/mol. The van der Waals surface area contributed by atoms with E-state index in [0.717, 1.165) is 0 Å². The van der Waals surface area contributed by atoms with Gasteiger partial charge in [-0.3, -0.25) is 0 Å². The Bertz CT molecular complexity index is 435. The Hall–Kier alpha value is -1.69. The van der Waals surface area contributed by atoms with E-state index in [0.29, 0.717) is 36.8 Å². The number of nitrogens with zero attached hydrogens (tertiary/aromatic N) is 3. The highest BCUT2D eigenvalue weighted by molar-refractivity contribution is 5.95. The van der Waals surface area contributed by atoms with E-state index in [2.05, 4.69) is 10.2 Å². The van der Waals surface area contributed by atoms with Gasteiger partial charge in [0.15, 0.2) is 5.82 Å². The summed E-state index contributed by atoms with van der Waals surface area (Å²) in [6.45, 7) is 7.15. The van der Waals surface area contributed by atoms with E-state index in [1.165, 1.54) is 0 Å². The molecule has 0 unspecified atom stereocenters. The number of aromatic carboxylic acids is 1. The molecule has 6 heteroatoms. The van der Waals surface area contributed by atoms with Crippen LogP contribution in [0.2, 0.25) is 0 Å². The maximum atomic E-state index is 11.3. The quantitative estimate of drug-likeness (QED) is 0.769. The number of anilines is 1. The lowest BCUT2D eigenvalue weighted by Crippen LogP contribution is -2.27. The predicted molar refractivity (Wildman–Crippen MR) is 68.2 cm³/mol. The molecule has 0 radical (unpaired) electrons. The van der Waals surface area contributed by atoms with Gasteiger partial charge in [0.1, 0.15) is 5.56 Å². The second kappa shape index (κ2) is 6.30. The van der Waals surface area contributed by atoms with Crippen LogP contribution in [0.1, 0.15) is 28.5 Å². The number of likely N-dealkylation sites (N-methyl/N-ethyl adjacent to an activating group) is 1. The zero-order valence-corrected chi connectivity index (χ0v) is 11.2. The van der Waals surface area contributed by atoms with E-state index in [1.807, 2.05) is 6.92 Å². The molecule has 0 amide bonds. The summed E-state index contributed by atoms with van der Waals surface area (Å²) in [6, 6.07) is 0. The van der Waals surface area contributed by atoms with Gasteiger partial charge in [-0.2, -0.15) is 5.10 Å². The Balaban J connectivity index is 3.01. The van der Waals surface area contributed by atoms with Crippen LogP contribution in [0.4, 0.5) is 5.82 Å². The van der Waals surface area contributed by atoms with Gasteiger partial charge in [-0.25, -0.2) is 4.79 Å². The number of aryl methyl sites for hydroxylation is 1. The minimum atomic E-state index is -0.983. The first kappa shape index (κ1) is 14.4. The third kappa shape index (κ3) is 3.16. The molecule has 0 bridgehead atoms. The molecule has 0 spiro atoms. The molecule has 0 fully saturated rings. The largest absolute Gasteiger partial charge is 0.478 e. The molecule has 18 heavy (non-hydrogen) atoms. The molecule has 0 aliphatic heterocycles. The second-order valence-corrected chi connectivity index (χ2v) is 4.03. The number of ether oxygens (including phenoxy) is 1. The van der Waals surface area contributed by atoms with E-state index in [-0.39, 0.29) is 5.56 Å². The Kier molecular flexibility index (Phi) is 5.03. The Morgan fingerprint density at radius 2 is 2.06 bits per heavy atom. The average Bonchev–Trinajstić information content (AvgIpc) is 2.32. The third-order valence-corrected chi connectivity index (χ3v) is 2.79. The van der Waals surface area contributed by atoms with Crippen LogP contribution in [0.25, 0.3) is 0 Å². The van der Waals surface area contributed by atoms with Crippen LogP contribution >= 0.6 is 0 Å².